The van der Waals surface area contributed by atoms with E-state index in [2.05, 4.69) is 20.5 Å². The molecule has 1 N–H and O–H groups in total. The maximum atomic E-state index is 8.49. The highest BCUT2D eigenvalue weighted by molar-refractivity contribution is 5.32. The third kappa shape index (κ3) is 1.67. The van der Waals surface area contributed by atoms with Crippen molar-refractivity contribution in [1.82, 2.24) is 19.9 Å². The maximum Gasteiger partial charge on any atom is 0.164 e. The van der Waals surface area contributed by atoms with Gasteiger partial charge in [-0.05, 0) is 6.07 Å². The highest BCUT2D eigenvalue weighted by Crippen LogP contribution is 1.99. The van der Waals surface area contributed by atoms with Gasteiger partial charge in [0.2, 0.25) is 0 Å². The molecule has 0 aliphatic heterocycles. The molecular weight excluding hydrogens is 180 g/mol. The Kier molecular flexibility index (Phi) is 2.07. The Bertz CT molecular complexity index is 438. The molecule has 0 saturated heterocycles. The summed E-state index contributed by atoms with van der Waals surface area (Å²) in [5, 5.41) is 12.4. The molecule has 0 spiro atoms. The highest BCUT2D eigenvalue weighted by Gasteiger charge is 1.95. The van der Waals surface area contributed by atoms with Crippen LogP contribution in [0.2, 0.25) is 0 Å². The zero-order valence-electron chi connectivity index (χ0n) is 7.12. The molecule has 0 saturated carbocycles. The molecule has 2 rings (SSSR count). The number of nitrogens with one attached hydrogen (secondary N) is 1. The second-order valence-corrected chi connectivity index (χ2v) is 2.46. The van der Waals surface area contributed by atoms with Crippen LogP contribution in [0, 0.1) is 11.3 Å². The van der Waals surface area contributed by atoms with Crippen molar-refractivity contribution in [2.24, 2.45) is 0 Å². The molecule has 14 heavy (non-hydrogen) atoms. The number of hydrogen-bond acceptors (Lipinski definition) is 5. The van der Waals surface area contributed by atoms with Gasteiger partial charge in [-0.25, -0.2) is 9.97 Å². The topological polar surface area (TPSA) is 79.4 Å². The maximum absolute atomic E-state index is 8.49. The van der Waals surface area contributed by atoms with Crippen LogP contribution >= 0.6 is 0 Å². The number of nitriles is 1. The molecular formula is C8H6N6. The van der Waals surface area contributed by atoms with Crippen molar-refractivity contribution < 1.29 is 0 Å². The Labute approximate surface area is 79.8 Å². The summed E-state index contributed by atoms with van der Waals surface area (Å²) in [6.45, 7) is 0. The van der Waals surface area contributed by atoms with Crippen molar-refractivity contribution in [3.63, 3.8) is 0 Å². The van der Waals surface area contributed by atoms with Crippen molar-refractivity contribution >= 4 is 5.82 Å². The van der Waals surface area contributed by atoms with E-state index in [0.717, 1.165) is 0 Å². The molecule has 0 unspecified atom stereocenters. The summed E-state index contributed by atoms with van der Waals surface area (Å²) in [6, 6.07) is 3.67. The van der Waals surface area contributed by atoms with Crippen molar-refractivity contribution in [2.45, 2.75) is 0 Å². The van der Waals surface area contributed by atoms with E-state index in [1.807, 2.05) is 6.07 Å². The predicted octanol–water partition coefficient (Wildman–Crippen LogP) is 0.420. The fraction of sp³-hybridized carbons (Fsp3) is 0. The number of aromatic nitrogens is 4. The summed E-state index contributed by atoms with van der Waals surface area (Å²) in [6.07, 6.45) is 6.25. The molecule has 0 aliphatic carbocycles. The number of rotatable bonds is 2. The van der Waals surface area contributed by atoms with Gasteiger partial charge in [0.05, 0.1) is 18.6 Å². The van der Waals surface area contributed by atoms with E-state index in [-0.39, 0.29) is 5.69 Å². The van der Waals surface area contributed by atoms with Gasteiger partial charge in [0.1, 0.15) is 6.07 Å². The van der Waals surface area contributed by atoms with Crippen LogP contribution < -0.4 is 5.43 Å². The van der Waals surface area contributed by atoms with Crippen molar-refractivity contribution in [3.8, 4) is 6.07 Å². The molecule has 0 bridgehead atoms. The van der Waals surface area contributed by atoms with E-state index in [4.69, 9.17) is 5.26 Å². The van der Waals surface area contributed by atoms with E-state index < -0.39 is 0 Å². The van der Waals surface area contributed by atoms with Crippen LogP contribution in [0.3, 0.4) is 0 Å². The molecule has 6 heteroatoms. The molecule has 68 valence electrons. The summed E-state index contributed by atoms with van der Waals surface area (Å²) in [5.74, 6) is 0.535. The molecule has 2 aromatic rings. The number of nitrogens with zero attached hydrogens (tertiary/aromatic N) is 5. The smallest absolute Gasteiger partial charge is 0.164 e. The third-order valence-electron chi connectivity index (χ3n) is 1.50. The second kappa shape index (κ2) is 3.53. The minimum atomic E-state index is 0.288. The fourth-order valence-electron chi connectivity index (χ4n) is 0.896. The van der Waals surface area contributed by atoms with E-state index in [0.29, 0.717) is 5.82 Å². The fourth-order valence-corrected chi connectivity index (χ4v) is 0.896. The van der Waals surface area contributed by atoms with Gasteiger partial charge in [-0.3, -0.25) is 5.43 Å². The molecule has 2 heterocycles. The van der Waals surface area contributed by atoms with Gasteiger partial charge in [0.25, 0.3) is 0 Å². The van der Waals surface area contributed by atoms with Crippen LogP contribution in [-0.2, 0) is 0 Å². The Balaban J connectivity index is 2.15. The van der Waals surface area contributed by atoms with Crippen LogP contribution in [0.15, 0.2) is 30.9 Å². The number of anilines is 1. The van der Waals surface area contributed by atoms with Crippen molar-refractivity contribution in [1.29, 1.82) is 5.26 Å². The monoisotopic (exact) mass is 186 g/mol. The third-order valence-corrected chi connectivity index (χ3v) is 1.50. The largest absolute Gasteiger partial charge is 0.260 e. The summed E-state index contributed by atoms with van der Waals surface area (Å²) >= 11 is 0. The Morgan fingerprint density at radius 1 is 1.36 bits per heavy atom. The average Bonchev–Trinajstić information content (AvgIpc) is 2.72. The molecule has 0 amide bonds. The lowest BCUT2D eigenvalue weighted by Gasteiger charge is -2.02. The normalized spacial score (nSPS) is 9.36. The molecule has 0 aromatic carbocycles. The second-order valence-electron chi connectivity index (χ2n) is 2.46. The van der Waals surface area contributed by atoms with Crippen LogP contribution in [0.1, 0.15) is 5.69 Å². The van der Waals surface area contributed by atoms with E-state index in [1.165, 1.54) is 17.2 Å². The van der Waals surface area contributed by atoms with Gasteiger partial charge in [-0.2, -0.15) is 15.2 Å². The minimum Gasteiger partial charge on any atom is -0.260 e. The number of hydrogen-bond donors (Lipinski definition) is 1. The van der Waals surface area contributed by atoms with Gasteiger partial charge in [0.15, 0.2) is 11.5 Å². The van der Waals surface area contributed by atoms with Crippen LogP contribution in [0.4, 0.5) is 5.82 Å². The zero-order valence-corrected chi connectivity index (χ0v) is 7.12. The molecule has 2 aromatic heterocycles. The highest BCUT2D eigenvalue weighted by atomic mass is 15.6. The average molecular weight is 186 g/mol. The first-order valence-corrected chi connectivity index (χ1v) is 3.87. The van der Waals surface area contributed by atoms with Crippen LogP contribution in [0.25, 0.3) is 0 Å². The lowest BCUT2D eigenvalue weighted by molar-refractivity contribution is 0.794. The lowest BCUT2D eigenvalue weighted by atomic mass is 10.5. The summed E-state index contributed by atoms with van der Waals surface area (Å²) in [5.41, 5.74) is 3.15. The quantitative estimate of drug-likeness (QED) is 0.735. The van der Waals surface area contributed by atoms with Gasteiger partial charge >= 0.3 is 0 Å². The minimum absolute atomic E-state index is 0.288. The SMILES string of the molecule is N#Cc1cnc(Nn2cccn2)cn1. The summed E-state index contributed by atoms with van der Waals surface area (Å²) in [4.78, 5) is 9.31. The predicted molar refractivity (Wildman–Crippen MR) is 48.0 cm³/mol. The van der Waals surface area contributed by atoms with Gasteiger partial charge < -0.3 is 0 Å². The first-order valence-electron chi connectivity index (χ1n) is 3.87. The summed E-state index contributed by atoms with van der Waals surface area (Å²) < 4.78 is 0. The van der Waals surface area contributed by atoms with E-state index in [9.17, 15) is 0 Å². The van der Waals surface area contributed by atoms with Crippen molar-refractivity contribution in [3.05, 3.63) is 36.5 Å². The van der Waals surface area contributed by atoms with E-state index in [1.54, 1.807) is 18.5 Å². The first-order chi connectivity index (χ1) is 6.88. The Morgan fingerprint density at radius 3 is 2.86 bits per heavy atom. The van der Waals surface area contributed by atoms with Crippen LogP contribution in [-0.4, -0.2) is 19.9 Å². The molecule has 0 radical (unpaired) electrons. The molecule has 0 fully saturated rings. The molecule has 0 aliphatic rings. The van der Waals surface area contributed by atoms with Gasteiger partial charge in [-0.1, -0.05) is 0 Å². The lowest BCUT2D eigenvalue weighted by Crippen LogP contribution is -2.10. The Hall–Kier alpha value is -2.42. The summed E-state index contributed by atoms with van der Waals surface area (Å²) in [7, 11) is 0. The standard InChI is InChI=1S/C8H6N6/c9-4-7-5-11-8(6-10-7)13-14-3-1-2-12-14/h1-3,5-6H,(H,11,13). The molecule has 0 atom stereocenters. The van der Waals surface area contributed by atoms with Crippen LogP contribution in [0.5, 0.6) is 0 Å². The molecule has 6 nitrogen and oxygen atoms in total. The van der Waals surface area contributed by atoms with Crippen molar-refractivity contribution in [2.75, 3.05) is 5.43 Å². The Morgan fingerprint density at radius 2 is 2.29 bits per heavy atom. The van der Waals surface area contributed by atoms with E-state index >= 15 is 0 Å². The van der Waals surface area contributed by atoms with Gasteiger partial charge in [0, 0.05) is 6.20 Å². The van der Waals surface area contributed by atoms with Gasteiger partial charge in [-0.15, -0.1) is 0 Å². The zero-order chi connectivity index (χ0) is 9.80. The first kappa shape index (κ1) is 8.19.